The normalized spacial score (nSPS) is 21.2. The molecule has 2 unspecified atom stereocenters. The van der Waals surface area contributed by atoms with Gasteiger partial charge in [0, 0.05) is 26.6 Å². The van der Waals surface area contributed by atoms with Gasteiger partial charge in [-0.05, 0) is 24.0 Å². The molecule has 2 N–H and O–H groups in total. The highest BCUT2D eigenvalue weighted by Gasteiger charge is 2.31. The standard InChI is InChI=1S/C15H21NO3/c1-19-9-5-4-8-14(18)16-15-12-7-3-2-6-11(12)10-13(15)17/h2-3,6-7,13,15,17H,4-5,8-10H2,1H3,(H,16,18). The molecule has 1 amide bonds. The van der Waals surface area contributed by atoms with E-state index in [-0.39, 0.29) is 11.9 Å². The fourth-order valence-corrected chi connectivity index (χ4v) is 2.53. The van der Waals surface area contributed by atoms with E-state index in [1.165, 1.54) is 0 Å². The van der Waals surface area contributed by atoms with Crippen LogP contribution in [0.5, 0.6) is 0 Å². The van der Waals surface area contributed by atoms with Crippen molar-refractivity contribution in [2.45, 2.75) is 37.8 Å². The fraction of sp³-hybridized carbons (Fsp3) is 0.533. The van der Waals surface area contributed by atoms with E-state index < -0.39 is 6.10 Å². The number of benzene rings is 1. The quantitative estimate of drug-likeness (QED) is 0.766. The summed E-state index contributed by atoms with van der Waals surface area (Å²) in [5, 5.41) is 13.0. The van der Waals surface area contributed by atoms with Crippen LogP contribution in [0.4, 0.5) is 0 Å². The molecule has 4 heteroatoms. The summed E-state index contributed by atoms with van der Waals surface area (Å²) in [5.74, 6) is -0.00291. The molecular formula is C15H21NO3. The third-order valence-electron chi connectivity index (χ3n) is 3.52. The molecule has 1 aromatic rings. The molecule has 1 aromatic carbocycles. The van der Waals surface area contributed by atoms with Crippen molar-refractivity contribution in [1.82, 2.24) is 5.32 Å². The van der Waals surface area contributed by atoms with Gasteiger partial charge >= 0.3 is 0 Å². The summed E-state index contributed by atoms with van der Waals surface area (Å²) in [6.07, 6.45) is 2.28. The van der Waals surface area contributed by atoms with Gasteiger partial charge < -0.3 is 15.2 Å². The molecule has 0 saturated heterocycles. The van der Waals surface area contributed by atoms with E-state index in [0.29, 0.717) is 19.4 Å². The maximum atomic E-state index is 11.9. The van der Waals surface area contributed by atoms with Crippen molar-refractivity contribution in [3.8, 4) is 0 Å². The minimum Gasteiger partial charge on any atom is -0.390 e. The van der Waals surface area contributed by atoms with Crippen LogP contribution in [0.2, 0.25) is 0 Å². The van der Waals surface area contributed by atoms with Crippen LogP contribution in [0.25, 0.3) is 0 Å². The van der Waals surface area contributed by atoms with Gasteiger partial charge in [0.15, 0.2) is 0 Å². The van der Waals surface area contributed by atoms with Crippen LogP contribution in [0, 0.1) is 0 Å². The minimum absolute atomic E-state index is 0.00291. The lowest BCUT2D eigenvalue weighted by Gasteiger charge is -2.17. The van der Waals surface area contributed by atoms with Gasteiger partial charge in [0.1, 0.15) is 0 Å². The van der Waals surface area contributed by atoms with Crippen molar-refractivity contribution in [2.24, 2.45) is 0 Å². The topological polar surface area (TPSA) is 58.6 Å². The van der Waals surface area contributed by atoms with E-state index in [1.54, 1.807) is 7.11 Å². The highest BCUT2D eigenvalue weighted by atomic mass is 16.5. The largest absolute Gasteiger partial charge is 0.390 e. The molecule has 1 aliphatic carbocycles. The summed E-state index contributed by atoms with van der Waals surface area (Å²) in [6, 6.07) is 7.62. The molecule has 0 bridgehead atoms. The summed E-state index contributed by atoms with van der Waals surface area (Å²) in [4.78, 5) is 11.9. The number of methoxy groups -OCH3 is 1. The number of aliphatic hydroxyl groups is 1. The Morgan fingerprint density at radius 1 is 1.42 bits per heavy atom. The van der Waals surface area contributed by atoms with E-state index in [9.17, 15) is 9.90 Å². The second kappa shape index (κ2) is 6.68. The summed E-state index contributed by atoms with van der Waals surface area (Å²) in [5.41, 5.74) is 2.17. The average Bonchev–Trinajstić information content (AvgIpc) is 2.72. The van der Waals surface area contributed by atoms with Crippen molar-refractivity contribution in [3.63, 3.8) is 0 Å². The number of rotatable bonds is 6. The number of hydrogen-bond donors (Lipinski definition) is 2. The molecule has 0 radical (unpaired) electrons. The third-order valence-corrected chi connectivity index (χ3v) is 3.52. The van der Waals surface area contributed by atoms with Gasteiger partial charge in [-0.25, -0.2) is 0 Å². The predicted octanol–water partition coefficient (Wildman–Crippen LogP) is 1.58. The Labute approximate surface area is 113 Å². The number of ether oxygens (including phenoxy) is 1. The SMILES string of the molecule is COCCCCC(=O)NC1c2ccccc2CC1O. The highest BCUT2D eigenvalue weighted by Crippen LogP contribution is 2.31. The van der Waals surface area contributed by atoms with Crippen molar-refractivity contribution >= 4 is 5.91 Å². The van der Waals surface area contributed by atoms with Crippen molar-refractivity contribution in [1.29, 1.82) is 0 Å². The van der Waals surface area contributed by atoms with Crippen LogP contribution in [-0.2, 0) is 16.0 Å². The van der Waals surface area contributed by atoms with E-state index >= 15 is 0 Å². The Morgan fingerprint density at radius 2 is 2.21 bits per heavy atom. The van der Waals surface area contributed by atoms with Crippen LogP contribution in [0.15, 0.2) is 24.3 Å². The first-order valence-corrected chi connectivity index (χ1v) is 6.76. The molecule has 0 aliphatic heterocycles. The zero-order valence-corrected chi connectivity index (χ0v) is 11.3. The van der Waals surface area contributed by atoms with Crippen LogP contribution in [0.3, 0.4) is 0 Å². The first kappa shape index (κ1) is 14.0. The minimum atomic E-state index is -0.514. The van der Waals surface area contributed by atoms with E-state index in [4.69, 9.17) is 4.74 Å². The average molecular weight is 263 g/mol. The zero-order valence-electron chi connectivity index (χ0n) is 11.3. The van der Waals surface area contributed by atoms with Gasteiger partial charge in [0.05, 0.1) is 12.1 Å². The van der Waals surface area contributed by atoms with E-state index in [2.05, 4.69) is 5.32 Å². The number of carbonyl (C=O) groups is 1. The zero-order chi connectivity index (χ0) is 13.7. The Hall–Kier alpha value is -1.39. The summed E-state index contributed by atoms with van der Waals surface area (Å²) in [7, 11) is 1.66. The number of carbonyl (C=O) groups excluding carboxylic acids is 1. The Morgan fingerprint density at radius 3 is 3.00 bits per heavy atom. The van der Waals surface area contributed by atoms with Crippen molar-refractivity contribution < 1.29 is 14.6 Å². The van der Waals surface area contributed by atoms with Gasteiger partial charge in [0.25, 0.3) is 0 Å². The van der Waals surface area contributed by atoms with Crippen LogP contribution in [-0.4, -0.2) is 30.8 Å². The maximum Gasteiger partial charge on any atom is 0.220 e. The molecule has 1 aliphatic rings. The highest BCUT2D eigenvalue weighted by molar-refractivity contribution is 5.76. The maximum absolute atomic E-state index is 11.9. The van der Waals surface area contributed by atoms with E-state index in [1.807, 2.05) is 24.3 Å². The summed E-state index contributed by atoms with van der Waals surface area (Å²) >= 11 is 0. The lowest BCUT2D eigenvalue weighted by molar-refractivity contribution is -0.122. The molecule has 0 saturated carbocycles. The van der Waals surface area contributed by atoms with Gasteiger partial charge in [-0.2, -0.15) is 0 Å². The first-order chi connectivity index (χ1) is 9.22. The van der Waals surface area contributed by atoms with Gasteiger partial charge in [-0.3, -0.25) is 4.79 Å². The second-order valence-electron chi connectivity index (χ2n) is 4.97. The Kier molecular flexibility index (Phi) is 4.93. The Balaban J connectivity index is 1.87. The molecule has 0 heterocycles. The molecule has 19 heavy (non-hydrogen) atoms. The molecular weight excluding hydrogens is 242 g/mol. The van der Waals surface area contributed by atoms with Crippen molar-refractivity contribution in [2.75, 3.05) is 13.7 Å². The van der Waals surface area contributed by atoms with Crippen LogP contribution in [0.1, 0.15) is 36.4 Å². The first-order valence-electron chi connectivity index (χ1n) is 6.76. The third kappa shape index (κ3) is 3.55. The monoisotopic (exact) mass is 263 g/mol. The smallest absolute Gasteiger partial charge is 0.220 e. The van der Waals surface area contributed by atoms with Crippen LogP contribution >= 0.6 is 0 Å². The summed E-state index contributed by atoms with van der Waals surface area (Å²) in [6.45, 7) is 0.683. The number of unbranched alkanes of at least 4 members (excludes halogenated alkanes) is 1. The summed E-state index contributed by atoms with van der Waals surface area (Å²) < 4.78 is 4.95. The number of aliphatic hydroxyl groups excluding tert-OH is 1. The molecule has 2 atom stereocenters. The molecule has 2 rings (SSSR count). The molecule has 0 spiro atoms. The van der Waals surface area contributed by atoms with E-state index in [0.717, 1.165) is 24.0 Å². The number of amides is 1. The molecule has 0 aromatic heterocycles. The lowest BCUT2D eigenvalue weighted by Crippen LogP contribution is -2.33. The molecule has 104 valence electrons. The van der Waals surface area contributed by atoms with Gasteiger partial charge in [0.2, 0.25) is 5.91 Å². The number of hydrogen-bond acceptors (Lipinski definition) is 3. The second-order valence-corrected chi connectivity index (χ2v) is 4.97. The van der Waals surface area contributed by atoms with Crippen LogP contribution < -0.4 is 5.32 Å². The number of nitrogens with one attached hydrogen (secondary N) is 1. The van der Waals surface area contributed by atoms with Crippen molar-refractivity contribution in [3.05, 3.63) is 35.4 Å². The lowest BCUT2D eigenvalue weighted by atomic mass is 10.1. The van der Waals surface area contributed by atoms with Gasteiger partial charge in [-0.15, -0.1) is 0 Å². The molecule has 0 fully saturated rings. The Bertz CT molecular complexity index is 433. The fourth-order valence-electron chi connectivity index (χ4n) is 2.53. The molecule has 4 nitrogen and oxygen atoms in total. The van der Waals surface area contributed by atoms with Gasteiger partial charge in [-0.1, -0.05) is 24.3 Å². The predicted molar refractivity (Wildman–Crippen MR) is 72.8 cm³/mol. The number of fused-ring (bicyclic) bond motifs is 1.